The lowest BCUT2D eigenvalue weighted by molar-refractivity contribution is -0.122. The molecule has 7 heteroatoms. The molecule has 0 aliphatic rings. The van der Waals surface area contributed by atoms with Crippen LogP contribution < -0.4 is 10.1 Å². The lowest BCUT2D eigenvalue weighted by Gasteiger charge is -2.13. The summed E-state index contributed by atoms with van der Waals surface area (Å²) >= 11 is 12.1. The van der Waals surface area contributed by atoms with E-state index < -0.39 is 6.10 Å². The van der Waals surface area contributed by atoms with E-state index in [0.29, 0.717) is 21.6 Å². The molecule has 0 saturated carbocycles. The van der Waals surface area contributed by atoms with E-state index in [-0.39, 0.29) is 5.91 Å². The highest BCUT2D eigenvalue weighted by molar-refractivity contribution is 6.42. The second-order valence-corrected chi connectivity index (χ2v) is 7.34. The van der Waals surface area contributed by atoms with Gasteiger partial charge in [-0.3, -0.25) is 9.89 Å². The molecule has 4 rings (SSSR count). The van der Waals surface area contributed by atoms with Crippen molar-refractivity contribution >= 4 is 45.8 Å². The lowest BCUT2D eigenvalue weighted by atomic mass is 10.0. The van der Waals surface area contributed by atoms with Crippen LogP contribution in [0.25, 0.3) is 22.0 Å². The number of nitrogens with zero attached hydrogens (tertiary/aromatic N) is 1. The largest absolute Gasteiger partial charge is 0.481 e. The Labute approximate surface area is 177 Å². The summed E-state index contributed by atoms with van der Waals surface area (Å²) in [5.74, 6) is 0.804. The number of carbonyl (C=O) groups is 1. The predicted molar refractivity (Wildman–Crippen MR) is 117 cm³/mol. The predicted octanol–water partition coefficient (Wildman–Crippen LogP) is 5.94. The van der Waals surface area contributed by atoms with Crippen LogP contribution in [0.5, 0.6) is 5.75 Å². The Morgan fingerprint density at radius 3 is 2.48 bits per heavy atom. The first-order chi connectivity index (χ1) is 14.0. The molecule has 1 amide bonds. The number of hydrogen-bond donors (Lipinski definition) is 2. The molecule has 0 spiro atoms. The summed E-state index contributed by atoms with van der Waals surface area (Å²) in [6, 6.07) is 20.5. The standard InChI is InChI=1S/C22H17Cl2N3O2/c1-13(29-16-5-3-2-4-6-16)22(28)25-21-17-9-7-15(12-20(17)26-27-21)14-8-10-18(23)19(24)11-14/h2-13H,1H3,(H2,25,26,27,28). The van der Waals surface area contributed by atoms with Crippen LogP contribution in [0.15, 0.2) is 66.7 Å². The molecule has 0 radical (unpaired) electrons. The van der Waals surface area contributed by atoms with E-state index >= 15 is 0 Å². The number of hydrogen-bond acceptors (Lipinski definition) is 3. The van der Waals surface area contributed by atoms with Crippen LogP contribution in [0, 0.1) is 0 Å². The van der Waals surface area contributed by atoms with Gasteiger partial charge in [0.05, 0.1) is 15.6 Å². The Bertz CT molecular complexity index is 1180. The number of rotatable bonds is 5. The minimum Gasteiger partial charge on any atom is -0.481 e. The van der Waals surface area contributed by atoms with E-state index in [1.54, 1.807) is 25.1 Å². The van der Waals surface area contributed by atoms with Gasteiger partial charge in [-0.25, -0.2) is 0 Å². The van der Waals surface area contributed by atoms with Crippen LogP contribution in [0.2, 0.25) is 10.0 Å². The summed E-state index contributed by atoms with van der Waals surface area (Å²) in [6.45, 7) is 1.69. The van der Waals surface area contributed by atoms with Crippen molar-refractivity contribution in [2.45, 2.75) is 13.0 Å². The van der Waals surface area contributed by atoms with Crippen LogP contribution in [0.3, 0.4) is 0 Å². The number of benzene rings is 3. The molecular weight excluding hydrogens is 409 g/mol. The van der Waals surface area contributed by atoms with Gasteiger partial charge < -0.3 is 10.1 Å². The summed E-state index contributed by atoms with van der Waals surface area (Å²) < 4.78 is 5.66. The van der Waals surface area contributed by atoms with Crippen molar-refractivity contribution in [3.05, 3.63) is 76.8 Å². The van der Waals surface area contributed by atoms with Gasteiger partial charge in [-0.15, -0.1) is 0 Å². The smallest absolute Gasteiger partial charge is 0.266 e. The van der Waals surface area contributed by atoms with Crippen molar-refractivity contribution in [3.63, 3.8) is 0 Å². The van der Waals surface area contributed by atoms with Gasteiger partial charge in [-0.1, -0.05) is 53.5 Å². The highest BCUT2D eigenvalue weighted by Gasteiger charge is 2.17. The first-order valence-electron chi connectivity index (χ1n) is 8.97. The summed E-state index contributed by atoms with van der Waals surface area (Å²) in [4.78, 5) is 12.5. The van der Waals surface area contributed by atoms with E-state index in [1.165, 1.54) is 0 Å². The van der Waals surface area contributed by atoms with E-state index in [1.807, 2.05) is 48.5 Å². The fourth-order valence-corrected chi connectivity index (χ4v) is 3.24. The average Bonchev–Trinajstić information content (AvgIpc) is 3.12. The highest BCUT2D eigenvalue weighted by atomic mass is 35.5. The van der Waals surface area contributed by atoms with Gasteiger partial charge in [0, 0.05) is 5.39 Å². The number of amides is 1. The van der Waals surface area contributed by atoms with Gasteiger partial charge in [-0.05, 0) is 54.4 Å². The van der Waals surface area contributed by atoms with Crippen LogP contribution in [-0.4, -0.2) is 22.2 Å². The fraction of sp³-hybridized carbons (Fsp3) is 0.0909. The number of fused-ring (bicyclic) bond motifs is 1. The maximum atomic E-state index is 12.5. The zero-order valence-electron chi connectivity index (χ0n) is 15.4. The molecule has 5 nitrogen and oxygen atoms in total. The van der Waals surface area contributed by atoms with E-state index in [9.17, 15) is 4.79 Å². The Hall–Kier alpha value is -3.02. The molecule has 0 bridgehead atoms. The zero-order valence-corrected chi connectivity index (χ0v) is 17.0. The van der Waals surface area contributed by atoms with Gasteiger partial charge in [0.25, 0.3) is 5.91 Å². The minimum absolute atomic E-state index is 0.282. The second-order valence-electron chi connectivity index (χ2n) is 6.52. The maximum Gasteiger partial charge on any atom is 0.266 e. The second kappa shape index (κ2) is 8.15. The first kappa shape index (κ1) is 19.3. The fourth-order valence-electron chi connectivity index (χ4n) is 2.95. The topological polar surface area (TPSA) is 67.0 Å². The summed E-state index contributed by atoms with van der Waals surface area (Å²) in [7, 11) is 0. The van der Waals surface area contributed by atoms with Crippen LogP contribution >= 0.6 is 23.2 Å². The Morgan fingerprint density at radius 1 is 1.00 bits per heavy atom. The molecular formula is C22H17Cl2N3O2. The highest BCUT2D eigenvalue weighted by Crippen LogP contribution is 2.31. The summed E-state index contributed by atoms with van der Waals surface area (Å²) in [5, 5.41) is 11.8. The monoisotopic (exact) mass is 425 g/mol. The molecule has 1 unspecified atom stereocenters. The van der Waals surface area contributed by atoms with Gasteiger partial charge >= 0.3 is 0 Å². The first-order valence-corrected chi connectivity index (χ1v) is 9.73. The van der Waals surface area contributed by atoms with Crippen molar-refractivity contribution in [2.24, 2.45) is 0 Å². The minimum atomic E-state index is -0.667. The molecule has 29 heavy (non-hydrogen) atoms. The molecule has 0 fully saturated rings. The molecule has 1 heterocycles. The quantitative estimate of drug-likeness (QED) is 0.415. The molecule has 1 atom stereocenters. The van der Waals surface area contributed by atoms with Crippen molar-refractivity contribution in [2.75, 3.05) is 5.32 Å². The van der Waals surface area contributed by atoms with Crippen molar-refractivity contribution in [1.29, 1.82) is 0 Å². The number of para-hydroxylation sites is 1. The number of ether oxygens (including phenoxy) is 1. The molecule has 1 aromatic heterocycles. The Kier molecular flexibility index (Phi) is 5.43. The SMILES string of the molecule is CC(Oc1ccccc1)C(=O)Nc1n[nH]c2cc(-c3ccc(Cl)c(Cl)c3)ccc12. The maximum absolute atomic E-state index is 12.5. The molecule has 0 aliphatic heterocycles. The van der Waals surface area contributed by atoms with Crippen LogP contribution in [-0.2, 0) is 4.79 Å². The van der Waals surface area contributed by atoms with Crippen molar-refractivity contribution in [3.8, 4) is 16.9 Å². The van der Waals surface area contributed by atoms with Gasteiger partial charge in [-0.2, -0.15) is 5.10 Å². The summed E-state index contributed by atoms with van der Waals surface area (Å²) in [5.41, 5.74) is 2.69. The average molecular weight is 426 g/mol. The van der Waals surface area contributed by atoms with Gasteiger partial charge in [0.1, 0.15) is 5.75 Å². The van der Waals surface area contributed by atoms with Crippen molar-refractivity contribution in [1.82, 2.24) is 10.2 Å². The number of aromatic amines is 1. The number of nitrogens with one attached hydrogen (secondary N) is 2. The lowest BCUT2D eigenvalue weighted by Crippen LogP contribution is -2.30. The third kappa shape index (κ3) is 4.21. The summed E-state index contributed by atoms with van der Waals surface area (Å²) in [6.07, 6.45) is -0.667. The third-order valence-electron chi connectivity index (χ3n) is 4.48. The number of carbonyl (C=O) groups excluding carboxylic acids is 1. The molecule has 146 valence electrons. The number of anilines is 1. The molecule has 3 aromatic carbocycles. The Morgan fingerprint density at radius 2 is 1.72 bits per heavy atom. The number of aromatic nitrogens is 2. The van der Waals surface area contributed by atoms with Crippen molar-refractivity contribution < 1.29 is 9.53 Å². The third-order valence-corrected chi connectivity index (χ3v) is 5.22. The van der Waals surface area contributed by atoms with E-state index in [2.05, 4.69) is 15.5 Å². The van der Waals surface area contributed by atoms with Crippen LogP contribution in [0.1, 0.15) is 6.92 Å². The van der Waals surface area contributed by atoms with Gasteiger partial charge in [0.15, 0.2) is 11.9 Å². The van der Waals surface area contributed by atoms with Gasteiger partial charge in [0.2, 0.25) is 0 Å². The van der Waals surface area contributed by atoms with Crippen LogP contribution in [0.4, 0.5) is 5.82 Å². The normalized spacial score (nSPS) is 12.0. The van der Waals surface area contributed by atoms with E-state index in [0.717, 1.165) is 22.0 Å². The van der Waals surface area contributed by atoms with E-state index in [4.69, 9.17) is 27.9 Å². The molecule has 2 N–H and O–H groups in total. The Balaban J connectivity index is 1.53. The number of halogens is 2. The molecule has 0 aliphatic carbocycles. The molecule has 4 aromatic rings. The molecule has 0 saturated heterocycles. The zero-order chi connectivity index (χ0) is 20.4. The number of H-pyrrole nitrogens is 1.